The summed E-state index contributed by atoms with van der Waals surface area (Å²) in [6.45, 7) is 3.40. The maximum absolute atomic E-state index is 12.8. The lowest BCUT2D eigenvalue weighted by Crippen LogP contribution is -2.59. The normalized spacial score (nSPS) is 19.6. The lowest BCUT2D eigenvalue weighted by Gasteiger charge is -2.39. The molecule has 1 rings (SSSR count). The largest absolute Gasteiger partial charge is 0.462 e. The van der Waals surface area contributed by atoms with Gasteiger partial charge in [0.15, 0.2) is 12.4 Å². The van der Waals surface area contributed by atoms with Crippen LogP contribution in [-0.2, 0) is 28.5 Å². The molecule has 0 bridgehead atoms. The Hall–Kier alpha value is -2.34. The van der Waals surface area contributed by atoms with Crippen LogP contribution in [0.2, 0.25) is 0 Å². The van der Waals surface area contributed by atoms with Crippen molar-refractivity contribution in [2.24, 2.45) is 0 Å². The smallest absolute Gasteiger partial charge is 0.306 e. The molecule has 0 aromatic heterocycles. The fourth-order valence-corrected chi connectivity index (χ4v) is 8.01. The van der Waals surface area contributed by atoms with Gasteiger partial charge in [0, 0.05) is 12.8 Å². The molecule has 1 heterocycles. The first-order valence-corrected chi connectivity index (χ1v) is 26.7. The highest BCUT2D eigenvalue weighted by Crippen LogP contribution is 2.23. The number of hydrogen-bond donors (Lipinski definition) is 4. The first-order valence-electron chi connectivity index (χ1n) is 26.7. The molecule has 4 N–H and O–H groups in total. The minimum Gasteiger partial charge on any atom is -0.462 e. The van der Waals surface area contributed by atoms with E-state index in [2.05, 4.69) is 62.5 Å². The number of rotatable bonds is 45. The van der Waals surface area contributed by atoms with Crippen molar-refractivity contribution < 1.29 is 49.0 Å². The molecule has 0 saturated carbocycles. The van der Waals surface area contributed by atoms with Gasteiger partial charge >= 0.3 is 11.9 Å². The second-order valence-corrected chi connectivity index (χ2v) is 18.3. The molecular formula is C55H98O10. The molecule has 1 aliphatic rings. The molecule has 2 unspecified atom stereocenters. The van der Waals surface area contributed by atoms with Crippen molar-refractivity contribution in [1.82, 2.24) is 0 Å². The number of ether oxygens (including phenoxy) is 4. The molecule has 378 valence electrons. The quantitative estimate of drug-likeness (QED) is 0.0264. The Bertz CT molecular complexity index is 1200. The van der Waals surface area contributed by atoms with Crippen molar-refractivity contribution in [1.29, 1.82) is 0 Å². The van der Waals surface area contributed by atoms with Crippen LogP contribution in [0.1, 0.15) is 232 Å². The standard InChI is InChI=1S/C55H98O10/c1-3-5-7-9-11-13-15-17-19-21-23-24-26-27-29-31-33-35-37-39-41-43-50(57)62-46-48(47-63-55-54(61)53(60)52(59)49(45-56)65-55)64-51(58)44-42-40-38-36-34-32-30-28-25-22-20-18-16-14-12-10-8-6-4-2/h19,21,24,26,29,31,35,37,48-49,52-56,59-61H,3-18,20,22-23,25,27-28,30,32-34,36,38-47H2,1-2H3/b21-19+,26-24+,31-29+,37-35+/t48-,49-,52+,53?,54?,55-/m0/s1. The molecule has 10 nitrogen and oxygen atoms in total. The van der Waals surface area contributed by atoms with E-state index in [1.165, 1.54) is 148 Å². The second-order valence-electron chi connectivity index (χ2n) is 18.3. The summed E-state index contributed by atoms with van der Waals surface area (Å²) >= 11 is 0. The monoisotopic (exact) mass is 919 g/mol. The van der Waals surface area contributed by atoms with Crippen LogP contribution >= 0.6 is 0 Å². The summed E-state index contributed by atoms with van der Waals surface area (Å²) in [6, 6.07) is 0. The van der Waals surface area contributed by atoms with Crippen LogP contribution in [0.25, 0.3) is 0 Å². The molecule has 0 amide bonds. The fourth-order valence-electron chi connectivity index (χ4n) is 8.01. The van der Waals surface area contributed by atoms with Crippen LogP contribution in [0, 0.1) is 0 Å². The number of aliphatic hydroxyl groups excluding tert-OH is 4. The van der Waals surface area contributed by atoms with Crippen molar-refractivity contribution in [2.75, 3.05) is 19.8 Å². The van der Waals surface area contributed by atoms with E-state index in [1.807, 2.05) is 0 Å². The molecule has 1 fully saturated rings. The maximum atomic E-state index is 12.8. The summed E-state index contributed by atoms with van der Waals surface area (Å²) in [7, 11) is 0. The Balaban J connectivity index is 2.29. The summed E-state index contributed by atoms with van der Waals surface area (Å²) in [5.74, 6) is -0.863. The summed E-state index contributed by atoms with van der Waals surface area (Å²) in [5.41, 5.74) is 0. The van der Waals surface area contributed by atoms with E-state index < -0.39 is 55.4 Å². The molecule has 0 aromatic carbocycles. The van der Waals surface area contributed by atoms with Gasteiger partial charge in [-0.15, -0.1) is 0 Å². The predicted octanol–water partition coefficient (Wildman–Crippen LogP) is 12.8. The van der Waals surface area contributed by atoms with Crippen molar-refractivity contribution in [3.63, 3.8) is 0 Å². The average Bonchev–Trinajstić information content (AvgIpc) is 3.30. The van der Waals surface area contributed by atoms with Gasteiger partial charge in [-0.05, 0) is 51.4 Å². The molecule has 10 heteroatoms. The minimum absolute atomic E-state index is 0.200. The van der Waals surface area contributed by atoms with Crippen LogP contribution in [0.15, 0.2) is 48.6 Å². The zero-order valence-corrected chi connectivity index (χ0v) is 41.5. The van der Waals surface area contributed by atoms with Crippen molar-refractivity contribution in [3.05, 3.63) is 48.6 Å². The fraction of sp³-hybridized carbons (Fsp3) is 0.818. The van der Waals surface area contributed by atoms with Gasteiger partial charge in [0.05, 0.1) is 13.2 Å². The number of esters is 2. The van der Waals surface area contributed by atoms with Crippen molar-refractivity contribution >= 4 is 11.9 Å². The third-order valence-corrected chi connectivity index (χ3v) is 12.2. The van der Waals surface area contributed by atoms with Gasteiger partial charge in [-0.3, -0.25) is 9.59 Å². The Labute approximate surface area is 397 Å². The third kappa shape index (κ3) is 36.4. The molecule has 0 spiro atoms. The van der Waals surface area contributed by atoms with Crippen LogP contribution in [0.5, 0.6) is 0 Å². The summed E-state index contributed by atoms with van der Waals surface area (Å²) in [5, 5.41) is 40.2. The first-order chi connectivity index (χ1) is 31.8. The molecule has 1 saturated heterocycles. The third-order valence-electron chi connectivity index (χ3n) is 12.2. The predicted molar refractivity (Wildman–Crippen MR) is 265 cm³/mol. The van der Waals surface area contributed by atoms with Gasteiger partial charge < -0.3 is 39.4 Å². The molecule has 6 atom stereocenters. The molecule has 0 aliphatic carbocycles. The summed E-state index contributed by atoms with van der Waals surface area (Å²) in [6.07, 6.45) is 48.4. The van der Waals surface area contributed by atoms with Crippen LogP contribution < -0.4 is 0 Å². The van der Waals surface area contributed by atoms with E-state index in [-0.39, 0.29) is 26.1 Å². The molecule has 0 radical (unpaired) electrons. The number of hydrogen-bond acceptors (Lipinski definition) is 10. The van der Waals surface area contributed by atoms with Gasteiger partial charge in [-0.2, -0.15) is 0 Å². The van der Waals surface area contributed by atoms with Gasteiger partial charge in [-0.1, -0.05) is 217 Å². The topological polar surface area (TPSA) is 152 Å². The molecule has 0 aromatic rings. The first kappa shape index (κ1) is 60.7. The van der Waals surface area contributed by atoms with E-state index in [4.69, 9.17) is 18.9 Å². The van der Waals surface area contributed by atoms with Gasteiger partial charge in [0.2, 0.25) is 0 Å². The Morgan fingerprint density at radius 2 is 0.877 bits per heavy atom. The van der Waals surface area contributed by atoms with E-state index in [0.717, 1.165) is 44.9 Å². The Morgan fingerprint density at radius 1 is 0.477 bits per heavy atom. The minimum atomic E-state index is -1.60. The highest BCUT2D eigenvalue weighted by molar-refractivity contribution is 5.70. The SMILES string of the molecule is CCCCCCCCC/C=C/C/C=C/C/C=C/C/C=C/CCCC(=O)OC[C@@H](CO[C@H]1O[C@@H](CO)[C@@H](O)C(O)C1O)OC(=O)CCCCCCCCCCCCCCCCCCCCC. The summed E-state index contributed by atoms with van der Waals surface area (Å²) in [4.78, 5) is 25.5. The highest BCUT2D eigenvalue weighted by Gasteiger charge is 2.44. The van der Waals surface area contributed by atoms with Crippen molar-refractivity contribution in [3.8, 4) is 0 Å². The Kier molecular flexibility index (Phi) is 42.4. The van der Waals surface area contributed by atoms with Crippen LogP contribution in [0.4, 0.5) is 0 Å². The molecular weight excluding hydrogens is 821 g/mol. The lowest BCUT2D eigenvalue weighted by molar-refractivity contribution is -0.305. The number of unbranched alkanes of at least 4 members (excludes halogenated alkanes) is 26. The number of carbonyl (C=O) groups excluding carboxylic acids is 2. The highest BCUT2D eigenvalue weighted by atomic mass is 16.7. The van der Waals surface area contributed by atoms with E-state index in [0.29, 0.717) is 12.8 Å². The van der Waals surface area contributed by atoms with Crippen LogP contribution in [-0.4, -0.2) is 89.0 Å². The van der Waals surface area contributed by atoms with Gasteiger partial charge in [0.25, 0.3) is 0 Å². The zero-order valence-electron chi connectivity index (χ0n) is 41.5. The Morgan fingerprint density at radius 3 is 1.34 bits per heavy atom. The van der Waals surface area contributed by atoms with Crippen molar-refractivity contribution in [2.45, 2.75) is 269 Å². The van der Waals surface area contributed by atoms with Crippen LogP contribution in [0.3, 0.4) is 0 Å². The molecule has 65 heavy (non-hydrogen) atoms. The van der Waals surface area contributed by atoms with E-state index in [9.17, 15) is 30.0 Å². The second kappa shape index (κ2) is 45.4. The van der Waals surface area contributed by atoms with E-state index >= 15 is 0 Å². The van der Waals surface area contributed by atoms with Gasteiger partial charge in [-0.25, -0.2) is 0 Å². The van der Waals surface area contributed by atoms with Gasteiger partial charge in [0.1, 0.15) is 31.0 Å². The number of aliphatic hydroxyl groups is 4. The van der Waals surface area contributed by atoms with E-state index in [1.54, 1.807) is 0 Å². The maximum Gasteiger partial charge on any atom is 0.306 e. The molecule has 1 aliphatic heterocycles. The number of carbonyl (C=O) groups is 2. The number of allylic oxidation sites excluding steroid dienone is 8. The lowest BCUT2D eigenvalue weighted by atomic mass is 9.99. The average molecular weight is 919 g/mol. The summed E-state index contributed by atoms with van der Waals surface area (Å²) < 4.78 is 22.2. The zero-order chi connectivity index (χ0) is 47.3.